The molecule has 2 aromatic carbocycles. The number of ether oxygens (including phenoxy) is 1. The van der Waals surface area contributed by atoms with Gasteiger partial charge in [0.1, 0.15) is 0 Å². The molecular formula is C25H26F2N6O2. The highest BCUT2D eigenvalue weighted by Gasteiger charge is 2.19. The second kappa shape index (κ2) is 10.1. The Bertz CT molecular complexity index is 1390. The lowest BCUT2D eigenvalue weighted by Crippen LogP contribution is -2.38. The van der Waals surface area contributed by atoms with Crippen molar-refractivity contribution < 1.29 is 18.3 Å². The van der Waals surface area contributed by atoms with E-state index < -0.39 is 11.6 Å². The molecule has 8 nitrogen and oxygen atoms in total. The molecule has 10 heteroatoms. The first kappa shape index (κ1) is 24.1. The van der Waals surface area contributed by atoms with Gasteiger partial charge in [0.2, 0.25) is 5.82 Å². The third-order valence-corrected chi connectivity index (χ3v) is 5.70. The van der Waals surface area contributed by atoms with Gasteiger partial charge in [0.15, 0.2) is 23.0 Å². The summed E-state index contributed by atoms with van der Waals surface area (Å²) in [6.45, 7) is 4.16. The molecule has 0 bridgehead atoms. The first-order chi connectivity index (χ1) is 16.9. The highest BCUT2D eigenvalue weighted by molar-refractivity contribution is 5.96. The Morgan fingerprint density at radius 1 is 1.20 bits per heavy atom. The first-order valence-corrected chi connectivity index (χ1v) is 11.1. The van der Waals surface area contributed by atoms with Crippen LogP contribution >= 0.6 is 0 Å². The molecule has 0 saturated carbocycles. The Morgan fingerprint density at radius 2 is 2.00 bits per heavy atom. The lowest BCUT2D eigenvalue weighted by atomic mass is 10.0. The molecule has 35 heavy (non-hydrogen) atoms. The van der Waals surface area contributed by atoms with E-state index in [0.717, 1.165) is 5.56 Å². The van der Waals surface area contributed by atoms with E-state index in [4.69, 9.17) is 10.5 Å². The highest BCUT2D eigenvalue weighted by atomic mass is 19.2. The quantitative estimate of drug-likeness (QED) is 0.351. The minimum absolute atomic E-state index is 0.0447. The van der Waals surface area contributed by atoms with Crippen LogP contribution in [0.25, 0.3) is 16.9 Å². The molecule has 2 aromatic heterocycles. The van der Waals surface area contributed by atoms with Crippen molar-refractivity contribution in [2.24, 2.45) is 5.73 Å². The lowest BCUT2D eigenvalue weighted by molar-refractivity contribution is 0.0940. The monoisotopic (exact) mass is 480 g/mol. The number of amides is 1. The van der Waals surface area contributed by atoms with Crippen LogP contribution in [0, 0.1) is 11.6 Å². The number of aromatic nitrogens is 3. The summed E-state index contributed by atoms with van der Waals surface area (Å²) >= 11 is 0. The van der Waals surface area contributed by atoms with E-state index >= 15 is 0 Å². The van der Waals surface area contributed by atoms with Gasteiger partial charge in [-0.05, 0) is 49.2 Å². The molecule has 4 rings (SSSR count). The summed E-state index contributed by atoms with van der Waals surface area (Å²) in [7, 11) is 1.28. The maximum absolute atomic E-state index is 14.7. The van der Waals surface area contributed by atoms with Crippen LogP contribution in [0.15, 0.2) is 48.9 Å². The fourth-order valence-electron chi connectivity index (χ4n) is 3.78. The van der Waals surface area contributed by atoms with Gasteiger partial charge in [0, 0.05) is 41.8 Å². The van der Waals surface area contributed by atoms with E-state index in [1.165, 1.54) is 31.6 Å². The topological polar surface area (TPSA) is 107 Å². The van der Waals surface area contributed by atoms with Gasteiger partial charge in [-0.1, -0.05) is 6.92 Å². The van der Waals surface area contributed by atoms with Crippen molar-refractivity contribution in [3.8, 4) is 17.0 Å². The van der Waals surface area contributed by atoms with Crippen molar-refractivity contribution in [2.75, 3.05) is 19.0 Å². The Labute approximate surface area is 201 Å². The van der Waals surface area contributed by atoms with Crippen molar-refractivity contribution in [1.82, 2.24) is 19.7 Å². The molecule has 4 N–H and O–H groups in total. The maximum atomic E-state index is 14.7. The van der Waals surface area contributed by atoms with Crippen molar-refractivity contribution >= 4 is 23.1 Å². The number of aryl methyl sites for hydroxylation is 1. The summed E-state index contributed by atoms with van der Waals surface area (Å²) in [6, 6.07) is 8.06. The van der Waals surface area contributed by atoms with Crippen molar-refractivity contribution in [1.29, 1.82) is 0 Å². The first-order valence-electron chi connectivity index (χ1n) is 11.1. The van der Waals surface area contributed by atoms with Crippen LogP contribution in [0.1, 0.15) is 29.8 Å². The van der Waals surface area contributed by atoms with E-state index in [9.17, 15) is 13.6 Å². The van der Waals surface area contributed by atoms with Crippen LogP contribution in [0.2, 0.25) is 0 Å². The van der Waals surface area contributed by atoms with Crippen LogP contribution in [0.4, 0.5) is 20.3 Å². The number of nitrogens with zero attached hydrogens (tertiary/aromatic N) is 3. The molecule has 0 saturated heterocycles. The molecule has 182 valence electrons. The number of anilines is 2. The Balaban J connectivity index is 1.67. The van der Waals surface area contributed by atoms with Gasteiger partial charge in [-0.3, -0.25) is 9.20 Å². The number of hydrogen-bond donors (Lipinski definition) is 3. The van der Waals surface area contributed by atoms with Crippen LogP contribution in [0.3, 0.4) is 0 Å². The minimum atomic E-state index is -1.07. The summed E-state index contributed by atoms with van der Waals surface area (Å²) in [5, 5.41) is 6.09. The van der Waals surface area contributed by atoms with E-state index in [2.05, 4.69) is 20.6 Å². The van der Waals surface area contributed by atoms with Crippen molar-refractivity contribution in [3.63, 3.8) is 0 Å². The molecule has 0 aliphatic carbocycles. The van der Waals surface area contributed by atoms with Crippen molar-refractivity contribution in [3.05, 3.63) is 71.7 Å². The number of halogens is 2. The molecule has 0 aliphatic rings. The zero-order chi connectivity index (χ0) is 25.1. The molecule has 0 radical (unpaired) electrons. The number of methoxy groups -OCH3 is 1. The van der Waals surface area contributed by atoms with Gasteiger partial charge in [-0.2, -0.15) is 4.39 Å². The Hall–Kier alpha value is -4.05. The smallest absolute Gasteiger partial charge is 0.251 e. The largest absolute Gasteiger partial charge is 0.494 e. The zero-order valence-corrected chi connectivity index (χ0v) is 19.6. The van der Waals surface area contributed by atoms with E-state index in [-0.39, 0.29) is 23.3 Å². The number of nitrogens with two attached hydrogens (primary N) is 1. The average Bonchev–Trinajstić information content (AvgIpc) is 3.30. The van der Waals surface area contributed by atoms with E-state index in [0.29, 0.717) is 41.4 Å². The standard InChI is InChI=1S/C25H26F2N6O2/c1-4-15-11-16(5-6-17(15)25(34)31-14(2)12-28)32-23-24-30-13-19(33(24)10-9-29-23)18-7-8-20(35-3)22(27)21(18)26/h5-11,13-14H,4,12,28H2,1-3H3,(H,29,32)(H,31,34)/t14-/m0/s1. The molecule has 0 aliphatic heterocycles. The lowest BCUT2D eigenvalue weighted by Gasteiger charge is -2.15. The summed E-state index contributed by atoms with van der Waals surface area (Å²) in [5.74, 6) is -2.03. The molecule has 1 atom stereocenters. The second-order valence-corrected chi connectivity index (χ2v) is 8.02. The number of rotatable bonds is 8. The Morgan fingerprint density at radius 3 is 2.71 bits per heavy atom. The summed E-state index contributed by atoms with van der Waals surface area (Å²) < 4.78 is 35.5. The van der Waals surface area contributed by atoms with Gasteiger partial charge in [-0.15, -0.1) is 0 Å². The van der Waals surface area contributed by atoms with Gasteiger partial charge >= 0.3 is 0 Å². The SMILES string of the molecule is CCc1cc(Nc2nccn3c(-c4ccc(OC)c(F)c4F)cnc23)ccc1C(=O)N[C@@H](C)CN. The van der Waals surface area contributed by atoms with Gasteiger partial charge in [0.05, 0.1) is 19.0 Å². The molecule has 2 heterocycles. The number of carbonyl (C=O) groups excluding carboxylic acids is 1. The molecule has 0 fully saturated rings. The van der Waals surface area contributed by atoms with Crippen LogP contribution in [-0.2, 0) is 6.42 Å². The van der Waals surface area contributed by atoms with Gasteiger partial charge in [-0.25, -0.2) is 14.4 Å². The van der Waals surface area contributed by atoms with E-state index in [1.807, 2.05) is 19.9 Å². The third-order valence-electron chi connectivity index (χ3n) is 5.70. The Kier molecular flexibility index (Phi) is 6.92. The van der Waals surface area contributed by atoms with E-state index in [1.54, 1.807) is 22.7 Å². The predicted octanol–water partition coefficient (Wildman–Crippen LogP) is 4.07. The van der Waals surface area contributed by atoms with Crippen LogP contribution in [-0.4, -0.2) is 40.0 Å². The highest BCUT2D eigenvalue weighted by Crippen LogP contribution is 2.31. The molecule has 1 amide bonds. The third kappa shape index (κ3) is 4.65. The second-order valence-electron chi connectivity index (χ2n) is 8.02. The number of carbonyl (C=O) groups is 1. The van der Waals surface area contributed by atoms with Crippen LogP contribution < -0.4 is 21.1 Å². The maximum Gasteiger partial charge on any atom is 0.251 e. The number of fused-ring (bicyclic) bond motifs is 1. The molecular weight excluding hydrogens is 454 g/mol. The zero-order valence-electron chi connectivity index (χ0n) is 19.6. The summed E-state index contributed by atoms with van der Waals surface area (Å²) in [5.41, 5.74) is 8.57. The predicted molar refractivity (Wildman–Crippen MR) is 130 cm³/mol. The minimum Gasteiger partial charge on any atom is -0.494 e. The normalized spacial score (nSPS) is 11.9. The number of hydrogen-bond acceptors (Lipinski definition) is 6. The van der Waals surface area contributed by atoms with Crippen molar-refractivity contribution in [2.45, 2.75) is 26.3 Å². The summed E-state index contributed by atoms with van der Waals surface area (Å²) in [4.78, 5) is 21.3. The number of imidazole rings is 1. The number of nitrogens with one attached hydrogen (secondary N) is 2. The van der Waals surface area contributed by atoms with Crippen LogP contribution in [0.5, 0.6) is 5.75 Å². The average molecular weight is 481 g/mol. The van der Waals surface area contributed by atoms with Gasteiger partial charge in [0.25, 0.3) is 5.91 Å². The molecule has 0 spiro atoms. The molecule has 0 unspecified atom stereocenters. The van der Waals surface area contributed by atoms with Gasteiger partial charge < -0.3 is 21.1 Å². The number of benzene rings is 2. The fraction of sp³-hybridized carbons (Fsp3) is 0.240. The summed E-state index contributed by atoms with van der Waals surface area (Å²) in [6.07, 6.45) is 5.25. The fourth-order valence-corrected chi connectivity index (χ4v) is 3.78. The molecule has 4 aromatic rings.